The van der Waals surface area contributed by atoms with Gasteiger partial charge in [-0.15, -0.1) is 0 Å². The van der Waals surface area contributed by atoms with Gasteiger partial charge in [-0.05, 0) is 24.3 Å². The topological polar surface area (TPSA) is 17.1 Å². The van der Waals surface area contributed by atoms with Crippen molar-refractivity contribution in [3.05, 3.63) is 70.3 Å². The van der Waals surface area contributed by atoms with E-state index in [1.54, 1.807) is 0 Å². The minimum atomic E-state index is -1.89. The molecule has 0 saturated heterocycles. The minimum Gasteiger partial charge on any atom is -0.288 e. The summed E-state index contributed by atoms with van der Waals surface area (Å²) in [6.45, 7) is 0. The highest BCUT2D eigenvalue weighted by atomic mass is 19.2. The number of benzene rings is 2. The van der Waals surface area contributed by atoms with Crippen molar-refractivity contribution in [1.82, 2.24) is 0 Å². The number of carbonyl (C=O) groups is 1. The molecule has 0 aliphatic rings. The molecule has 0 aliphatic heterocycles. The monoisotopic (exact) mass is 290 g/mol. The van der Waals surface area contributed by atoms with Gasteiger partial charge < -0.3 is 0 Å². The van der Waals surface area contributed by atoms with Gasteiger partial charge in [0, 0.05) is 5.56 Å². The van der Waals surface area contributed by atoms with Crippen molar-refractivity contribution in [3.8, 4) is 0 Å². The molecule has 2 aromatic rings. The second kappa shape index (κ2) is 4.99. The first kappa shape index (κ1) is 14.1. The lowest BCUT2D eigenvalue weighted by Gasteiger charge is -2.05. The van der Waals surface area contributed by atoms with Crippen LogP contribution in [0.3, 0.4) is 0 Å². The molecule has 0 bridgehead atoms. The van der Waals surface area contributed by atoms with Gasteiger partial charge in [-0.1, -0.05) is 0 Å². The highest BCUT2D eigenvalue weighted by molar-refractivity contribution is 6.09. The number of hydrogen-bond acceptors (Lipinski definition) is 1. The first-order valence-corrected chi connectivity index (χ1v) is 5.15. The summed E-state index contributed by atoms with van der Waals surface area (Å²) in [5.41, 5.74) is -1.65. The van der Waals surface area contributed by atoms with Crippen LogP contribution in [0.5, 0.6) is 0 Å². The Balaban J connectivity index is 2.55. The molecule has 7 heteroatoms. The summed E-state index contributed by atoms with van der Waals surface area (Å²) in [5.74, 6) is -11.6. The van der Waals surface area contributed by atoms with Crippen LogP contribution >= 0.6 is 0 Å². The Hall–Kier alpha value is -2.31. The maximum Gasteiger partial charge on any atom is 0.196 e. The molecule has 0 aliphatic carbocycles. The van der Waals surface area contributed by atoms with E-state index in [-0.39, 0.29) is 0 Å². The van der Waals surface area contributed by atoms with Crippen molar-refractivity contribution in [2.75, 3.05) is 0 Å². The third-order valence-electron chi connectivity index (χ3n) is 2.53. The predicted octanol–water partition coefficient (Wildman–Crippen LogP) is 3.75. The minimum absolute atomic E-state index is 0.335. The second-order valence-electron chi connectivity index (χ2n) is 3.81. The number of halogens is 6. The molecule has 2 aromatic carbocycles. The molecule has 20 heavy (non-hydrogen) atoms. The molecular weight excluding hydrogens is 286 g/mol. The molecule has 1 nitrogen and oxygen atoms in total. The maximum atomic E-state index is 13.4. The van der Waals surface area contributed by atoms with E-state index in [0.29, 0.717) is 24.3 Å². The average molecular weight is 290 g/mol. The van der Waals surface area contributed by atoms with Gasteiger partial charge in [-0.3, -0.25) is 4.79 Å². The highest BCUT2D eigenvalue weighted by Gasteiger charge is 2.22. The molecule has 2 rings (SSSR count). The number of hydrogen-bond donors (Lipinski definition) is 0. The summed E-state index contributed by atoms with van der Waals surface area (Å²) in [6, 6.07) is 1.78. The molecule has 0 radical (unpaired) electrons. The number of ketones is 1. The first-order chi connectivity index (χ1) is 9.32. The van der Waals surface area contributed by atoms with Crippen LogP contribution in [0.1, 0.15) is 15.9 Å². The fourth-order valence-electron chi connectivity index (χ4n) is 1.54. The van der Waals surface area contributed by atoms with E-state index < -0.39 is 51.8 Å². The van der Waals surface area contributed by atoms with E-state index in [0.717, 1.165) is 0 Å². The largest absolute Gasteiger partial charge is 0.288 e. The Morgan fingerprint density at radius 3 is 1.80 bits per heavy atom. The van der Waals surface area contributed by atoms with Gasteiger partial charge in [0.2, 0.25) is 0 Å². The standard InChI is InChI=1S/C13H4F6O/c14-7-2-1-6(10(17)12(7)19)13(20)5-3-8(15)11(18)9(16)4-5/h1-4H. The van der Waals surface area contributed by atoms with E-state index in [4.69, 9.17) is 0 Å². The lowest BCUT2D eigenvalue weighted by Crippen LogP contribution is -2.09. The second-order valence-corrected chi connectivity index (χ2v) is 3.81. The SMILES string of the molecule is O=C(c1cc(F)c(F)c(F)c1)c1ccc(F)c(F)c1F. The fraction of sp³-hybridized carbons (Fsp3) is 0. The molecule has 0 unspecified atom stereocenters. The van der Waals surface area contributed by atoms with E-state index in [2.05, 4.69) is 0 Å². The van der Waals surface area contributed by atoms with Crippen LogP contribution in [0.4, 0.5) is 26.3 Å². The lowest BCUT2D eigenvalue weighted by atomic mass is 10.0. The van der Waals surface area contributed by atoms with Crippen molar-refractivity contribution in [2.24, 2.45) is 0 Å². The molecule has 0 amide bonds. The third-order valence-corrected chi connectivity index (χ3v) is 2.53. The van der Waals surface area contributed by atoms with Gasteiger partial charge in [0.25, 0.3) is 0 Å². The van der Waals surface area contributed by atoms with Gasteiger partial charge in [-0.25, -0.2) is 26.3 Å². The van der Waals surface area contributed by atoms with Crippen LogP contribution in [-0.2, 0) is 0 Å². The van der Waals surface area contributed by atoms with E-state index in [9.17, 15) is 31.1 Å². The lowest BCUT2D eigenvalue weighted by molar-refractivity contribution is 0.103. The summed E-state index contributed by atoms with van der Waals surface area (Å²) < 4.78 is 77.7. The van der Waals surface area contributed by atoms with Crippen molar-refractivity contribution in [2.45, 2.75) is 0 Å². The Labute approximate surface area is 108 Å². The molecule has 0 spiro atoms. The quantitative estimate of drug-likeness (QED) is 0.467. The van der Waals surface area contributed by atoms with Crippen LogP contribution in [0.2, 0.25) is 0 Å². The molecule has 104 valence electrons. The normalized spacial score (nSPS) is 10.7. The number of rotatable bonds is 2. The predicted molar refractivity (Wildman–Crippen MR) is 56.1 cm³/mol. The molecule has 0 saturated carbocycles. The fourth-order valence-corrected chi connectivity index (χ4v) is 1.54. The Bertz CT molecular complexity index is 687. The van der Waals surface area contributed by atoms with E-state index in [1.807, 2.05) is 0 Å². The van der Waals surface area contributed by atoms with Crippen LogP contribution in [0.15, 0.2) is 24.3 Å². The zero-order valence-corrected chi connectivity index (χ0v) is 9.49. The van der Waals surface area contributed by atoms with Crippen LogP contribution < -0.4 is 0 Å². The Morgan fingerprint density at radius 2 is 1.25 bits per heavy atom. The average Bonchev–Trinajstić information content (AvgIpc) is 2.41. The molecule has 0 heterocycles. The van der Waals surface area contributed by atoms with Gasteiger partial charge in [0.15, 0.2) is 40.7 Å². The number of carbonyl (C=O) groups excluding carboxylic acids is 1. The van der Waals surface area contributed by atoms with Crippen molar-refractivity contribution in [3.63, 3.8) is 0 Å². The highest BCUT2D eigenvalue weighted by Crippen LogP contribution is 2.21. The Morgan fingerprint density at radius 1 is 0.700 bits per heavy atom. The van der Waals surface area contributed by atoms with Crippen LogP contribution in [0, 0.1) is 34.9 Å². The van der Waals surface area contributed by atoms with Gasteiger partial charge in [-0.2, -0.15) is 0 Å². The van der Waals surface area contributed by atoms with Gasteiger partial charge in [0.1, 0.15) is 0 Å². The van der Waals surface area contributed by atoms with E-state index in [1.165, 1.54) is 0 Å². The summed E-state index contributed by atoms with van der Waals surface area (Å²) in [6.07, 6.45) is 0. The Kier molecular flexibility index (Phi) is 3.52. The van der Waals surface area contributed by atoms with Crippen LogP contribution in [-0.4, -0.2) is 5.78 Å². The maximum absolute atomic E-state index is 13.4. The zero-order valence-electron chi connectivity index (χ0n) is 9.49. The third kappa shape index (κ3) is 2.26. The first-order valence-electron chi connectivity index (χ1n) is 5.15. The zero-order chi connectivity index (χ0) is 15.0. The summed E-state index contributed by atoms with van der Waals surface area (Å²) in [4.78, 5) is 11.8. The molecule has 0 atom stereocenters. The van der Waals surface area contributed by atoms with E-state index >= 15 is 0 Å². The molecule has 0 fully saturated rings. The van der Waals surface area contributed by atoms with Crippen molar-refractivity contribution in [1.29, 1.82) is 0 Å². The summed E-state index contributed by atoms with van der Waals surface area (Å²) in [5, 5.41) is 0. The smallest absolute Gasteiger partial charge is 0.196 e. The molecule has 0 N–H and O–H groups in total. The molecular formula is C13H4F6O. The van der Waals surface area contributed by atoms with Gasteiger partial charge in [0.05, 0.1) is 5.56 Å². The van der Waals surface area contributed by atoms with Gasteiger partial charge >= 0.3 is 0 Å². The summed E-state index contributed by atoms with van der Waals surface area (Å²) in [7, 11) is 0. The molecule has 0 aromatic heterocycles. The summed E-state index contributed by atoms with van der Waals surface area (Å²) >= 11 is 0. The van der Waals surface area contributed by atoms with Crippen molar-refractivity contribution >= 4 is 5.78 Å². The van der Waals surface area contributed by atoms with Crippen LogP contribution in [0.25, 0.3) is 0 Å². The van der Waals surface area contributed by atoms with Crippen molar-refractivity contribution < 1.29 is 31.1 Å².